The molecule has 0 saturated heterocycles. The van der Waals surface area contributed by atoms with Crippen LogP contribution in [-0.2, 0) is 19.9 Å². The molecular formula is C7H18N2O4S2. The molecule has 0 rings (SSSR count). The fourth-order valence-corrected chi connectivity index (χ4v) is 2.92. The van der Waals surface area contributed by atoms with E-state index in [0.717, 1.165) is 6.26 Å². The summed E-state index contributed by atoms with van der Waals surface area (Å²) in [6.07, 6.45) is 1.46. The number of hydrogen-bond acceptors (Lipinski definition) is 5. The van der Waals surface area contributed by atoms with Gasteiger partial charge in [-0.3, -0.25) is 0 Å². The molecule has 0 bridgehead atoms. The Morgan fingerprint density at radius 2 is 1.80 bits per heavy atom. The Bertz CT molecular complexity index is 370. The first-order valence-corrected chi connectivity index (χ1v) is 8.20. The SMILES string of the molecule is CCC(CN)S(=O)(=O)NCCS(C)(=O)=O. The third kappa shape index (κ3) is 6.08. The Kier molecular flexibility index (Phi) is 5.71. The topological polar surface area (TPSA) is 106 Å². The summed E-state index contributed by atoms with van der Waals surface area (Å²) in [6.45, 7) is 1.65. The van der Waals surface area contributed by atoms with Crippen LogP contribution in [0.15, 0.2) is 0 Å². The summed E-state index contributed by atoms with van der Waals surface area (Å²) >= 11 is 0. The van der Waals surface area contributed by atoms with Crippen molar-refractivity contribution < 1.29 is 16.8 Å². The molecule has 0 aliphatic carbocycles. The molecule has 0 fully saturated rings. The lowest BCUT2D eigenvalue weighted by molar-refractivity contribution is 0.562. The van der Waals surface area contributed by atoms with Crippen molar-refractivity contribution in [2.24, 2.45) is 5.73 Å². The lowest BCUT2D eigenvalue weighted by atomic mass is 10.3. The Labute approximate surface area is 91.2 Å². The third-order valence-electron chi connectivity index (χ3n) is 1.93. The molecule has 0 spiro atoms. The summed E-state index contributed by atoms with van der Waals surface area (Å²) < 4.78 is 46.7. The molecule has 8 heteroatoms. The molecule has 92 valence electrons. The molecule has 1 atom stereocenters. The Morgan fingerprint density at radius 3 is 2.13 bits per heavy atom. The number of hydrogen-bond donors (Lipinski definition) is 2. The standard InChI is InChI=1S/C7H18N2O4S2/c1-3-7(6-8)15(12,13)9-4-5-14(2,10)11/h7,9H,3-6,8H2,1-2H3. The molecule has 1 unspecified atom stereocenters. The molecule has 0 aromatic rings. The molecule has 0 saturated carbocycles. The van der Waals surface area contributed by atoms with E-state index in [1.54, 1.807) is 6.92 Å². The van der Waals surface area contributed by atoms with Crippen molar-refractivity contribution in [3.8, 4) is 0 Å². The van der Waals surface area contributed by atoms with Gasteiger partial charge in [0.25, 0.3) is 0 Å². The molecule has 0 amide bonds. The molecule has 0 aliphatic heterocycles. The smallest absolute Gasteiger partial charge is 0.215 e. The van der Waals surface area contributed by atoms with Gasteiger partial charge in [-0.1, -0.05) is 6.92 Å². The van der Waals surface area contributed by atoms with E-state index in [1.807, 2.05) is 0 Å². The maximum absolute atomic E-state index is 11.5. The summed E-state index contributed by atoms with van der Waals surface area (Å²) in [7, 11) is -6.63. The van der Waals surface area contributed by atoms with Crippen molar-refractivity contribution in [1.82, 2.24) is 4.72 Å². The van der Waals surface area contributed by atoms with Gasteiger partial charge in [0, 0.05) is 19.3 Å². The van der Waals surface area contributed by atoms with Crippen LogP contribution < -0.4 is 10.5 Å². The second-order valence-electron chi connectivity index (χ2n) is 3.34. The van der Waals surface area contributed by atoms with Gasteiger partial charge < -0.3 is 5.73 Å². The van der Waals surface area contributed by atoms with E-state index in [2.05, 4.69) is 4.72 Å². The molecule has 0 radical (unpaired) electrons. The highest BCUT2D eigenvalue weighted by Crippen LogP contribution is 2.01. The Morgan fingerprint density at radius 1 is 1.27 bits per heavy atom. The average molecular weight is 258 g/mol. The van der Waals surface area contributed by atoms with Crippen molar-refractivity contribution >= 4 is 19.9 Å². The van der Waals surface area contributed by atoms with Gasteiger partial charge in [0.15, 0.2) is 0 Å². The Balaban J connectivity index is 4.28. The van der Waals surface area contributed by atoms with Gasteiger partial charge in [-0.2, -0.15) is 0 Å². The molecule has 0 aliphatic rings. The second-order valence-corrected chi connectivity index (χ2v) is 7.64. The zero-order valence-electron chi connectivity index (χ0n) is 8.93. The summed E-state index contributed by atoms with van der Waals surface area (Å²) in [4.78, 5) is 0. The summed E-state index contributed by atoms with van der Waals surface area (Å²) in [6, 6.07) is 0. The van der Waals surface area contributed by atoms with Crippen molar-refractivity contribution in [2.75, 3.05) is 25.1 Å². The molecular weight excluding hydrogens is 240 g/mol. The number of sulfone groups is 1. The molecule has 15 heavy (non-hydrogen) atoms. The second kappa shape index (κ2) is 5.78. The third-order valence-corrected chi connectivity index (χ3v) is 4.89. The number of rotatable bonds is 7. The molecule has 0 aromatic carbocycles. The van der Waals surface area contributed by atoms with E-state index in [-0.39, 0.29) is 18.8 Å². The highest BCUT2D eigenvalue weighted by molar-refractivity contribution is 7.91. The zero-order chi connectivity index (χ0) is 12.1. The fourth-order valence-electron chi connectivity index (χ4n) is 1.000. The highest BCUT2D eigenvalue weighted by atomic mass is 32.2. The number of nitrogens with one attached hydrogen (secondary N) is 1. The largest absolute Gasteiger partial charge is 0.329 e. The quantitative estimate of drug-likeness (QED) is 0.589. The van der Waals surface area contributed by atoms with Gasteiger partial charge in [-0.05, 0) is 6.42 Å². The molecule has 0 heterocycles. The van der Waals surface area contributed by atoms with E-state index in [1.165, 1.54) is 0 Å². The van der Waals surface area contributed by atoms with E-state index in [0.29, 0.717) is 6.42 Å². The predicted octanol–water partition coefficient (Wildman–Crippen LogP) is -1.31. The minimum Gasteiger partial charge on any atom is -0.329 e. The number of sulfonamides is 1. The van der Waals surface area contributed by atoms with Gasteiger partial charge in [-0.15, -0.1) is 0 Å². The normalized spacial score (nSPS) is 15.1. The maximum atomic E-state index is 11.5. The predicted molar refractivity (Wildman–Crippen MR) is 59.8 cm³/mol. The van der Waals surface area contributed by atoms with Crippen LogP contribution in [0, 0.1) is 0 Å². The van der Waals surface area contributed by atoms with E-state index < -0.39 is 25.1 Å². The van der Waals surface area contributed by atoms with E-state index in [9.17, 15) is 16.8 Å². The minimum absolute atomic E-state index is 0.0324. The molecule has 3 N–H and O–H groups in total. The first-order valence-electron chi connectivity index (χ1n) is 4.59. The zero-order valence-corrected chi connectivity index (χ0v) is 10.6. The Hall–Kier alpha value is -0.180. The van der Waals surface area contributed by atoms with Crippen LogP contribution in [0.2, 0.25) is 0 Å². The first-order chi connectivity index (χ1) is 6.73. The monoisotopic (exact) mass is 258 g/mol. The molecule has 6 nitrogen and oxygen atoms in total. The minimum atomic E-state index is -3.48. The van der Waals surface area contributed by atoms with Crippen LogP contribution in [0.5, 0.6) is 0 Å². The van der Waals surface area contributed by atoms with Crippen LogP contribution in [0.1, 0.15) is 13.3 Å². The van der Waals surface area contributed by atoms with Gasteiger partial charge in [0.05, 0.1) is 11.0 Å². The summed E-state index contributed by atoms with van der Waals surface area (Å²) in [5.41, 5.74) is 5.29. The van der Waals surface area contributed by atoms with Crippen molar-refractivity contribution in [1.29, 1.82) is 0 Å². The van der Waals surface area contributed by atoms with Crippen molar-refractivity contribution in [3.63, 3.8) is 0 Å². The maximum Gasteiger partial charge on any atom is 0.215 e. The van der Waals surface area contributed by atoms with Crippen molar-refractivity contribution in [2.45, 2.75) is 18.6 Å². The van der Waals surface area contributed by atoms with Crippen LogP contribution >= 0.6 is 0 Å². The van der Waals surface area contributed by atoms with Gasteiger partial charge >= 0.3 is 0 Å². The van der Waals surface area contributed by atoms with Crippen LogP contribution in [0.3, 0.4) is 0 Å². The van der Waals surface area contributed by atoms with Crippen LogP contribution in [-0.4, -0.2) is 47.2 Å². The first kappa shape index (κ1) is 14.8. The van der Waals surface area contributed by atoms with Gasteiger partial charge in [-0.25, -0.2) is 21.6 Å². The number of nitrogens with two attached hydrogens (primary N) is 1. The average Bonchev–Trinajstić information content (AvgIpc) is 2.02. The lowest BCUT2D eigenvalue weighted by Crippen LogP contribution is -2.40. The highest BCUT2D eigenvalue weighted by Gasteiger charge is 2.21. The molecule has 0 aromatic heterocycles. The van der Waals surface area contributed by atoms with E-state index in [4.69, 9.17) is 5.73 Å². The van der Waals surface area contributed by atoms with Crippen LogP contribution in [0.4, 0.5) is 0 Å². The van der Waals surface area contributed by atoms with Crippen molar-refractivity contribution in [3.05, 3.63) is 0 Å². The van der Waals surface area contributed by atoms with E-state index >= 15 is 0 Å². The lowest BCUT2D eigenvalue weighted by Gasteiger charge is -2.13. The van der Waals surface area contributed by atoms with Gasteiger partial charge in [0.2, 0.25) is 10.0 Å². The summed E-state index contributed by atoms with van der Waals surface area (Å²) in [5.74, 6) is -0.201. The van der Waals surface area contributed by atoms with Gasteiger partial charge in [0.1, 0.15) is 9.84 Å². The fraction of sp³-hybridized carbons (Fsp3) is 1.00. The summed E-state index contributed by atoms with van der Waals surface area (Å²) in [5, 5.41) is -0.655. The van der Waals surface area contributed by atoms with Crippen LogP contribution in [0.25, 0.3) is 0 Å².